The molecule has 0 saturated carbocycles. The third-order valence-corrected chi connectivity index (χ3v) is 5.30. The first-order chi connectivity index (χ1) is 11.0. The minimum absolute atomic E-state index is 0.0836. The van der Waals surface area contributed by atoms with Crippen molar-refractivity contribution < 1.29 is 14.7 Å². The van der Waals surface area contributed by atoms with Gasteiger partial charge in [0.15, 0.2) is 0 Å². The minimum Gasteiger partial charge on any atom is -0.506 e. The zero-order valence-corrected chi connectivity index (χ0v) is 16.1. The van der Waals surface area contributed by atoms with E-state index in [1.54, 1.807) is 36.4 Å². The molecule has 1 aliphatic heterocycles. The van der Waals surface area contributed by atoms with E-state index in [0.29, 0.717) is 14.8 Å². The second-order valence-corrected chi connectivity index (χ2v) is 7.75. The molecule has 4 nitrogen and oxygen atoms in total. The lowest BCUT2D eigenvalue weighted by Gasteiger charge is -2.11. The molecule has 0 unspecified atom stereocenters. The summed E-state index contributed by atoms with van der Waals surface area (Å²) in [5.74, 6) is -0.305. The number of imide groups is 1. The van der Waals surface area contributed by atoms with E-state index in [4.69, 9.17) is 0 Å². The van der Waals surface area contributed by atoms with Gasteiger partial charge >= 0.3 is 0 Å². The van der Waals surface area contributed by atoms with Crippen LogP contribution < -0.4 is 4.90 Å². The SMILES string of the molecule is O=C1S/C(=C/c2cc(Br)cc(I)c2O)C(=O)N1c1ccccc1. The molecule has 1 aliphatic rings. The summed E-state index contributed by atoms with van der Waals surface area (Å²) in [4.78, 5) is 26.1. The van der Waals surface area contributed by atoms with Crippen LogP contribution in [0.5, 0.6) is 5.75 Å². The molecule has 1 N–H and O–H groups in total. The first-order valence-corrected chi connectivity index (χ1v) is 9.17. The summed E-state index contributed by atoms with van der Waals surface area (Å²) < 4.78 is 1.44. The molecule has 0 aliphatic carbocycles. The van der Waals surface area contributed by atoms with Crippen molar-refractivity contribution in [3.63, 3.8) is 0 Å². The number of benzene rings is 2. The molecule has 7 heteroatoms. The van der Waals surface area contributed by atoms with Crippen molar-refractivity contribution >= 4 is 73.2 Å². The lowest BCUT2D eigenvalue weighted by molar-refractivity contribution is -0.113. The highest BCUT2D eigenvalue weighted by Crippen LogP contribution is 2.38. The molecule has 116 valence electrons. The van der Waals surface area contributed by atoms with Crippen LogP contribution in [0.3, 0.4) is 0 Å². The summed E-state index contributed by atoms with van der Waals surface area (Å²) >= 11 is 6.23. The molecule has 1 saturated heterocycles. The fourth-order valence-corrected chi connectivity index (χ4v) is 4.49. The van der Waals surface area contributed by atoms with Crippen molar-refractivity contribution in [1.82, 2.24) is 0 Å². The predicted octanol–water partition coefficient (Wildman–Crippen LogP) is 5.00. The number of anilines is 1. The van der Waals surface area contributed by atoms with E-state index < -0.39 is 0 Å². The first-order valence-electron chi connectivity index (χ1n) is 6.48. The fourth-order valence-electron chi connectivity index (χ4n) is 2.10. The van der Waals surface area contributed by atoms with Crippen molar-refractivity contribution in [3.05, 3.63) is 61.0 Å². The molecule has 1 heterocycles. The van der Waals surface area contributed by atoms with Crippen LogP contribution in [-0.4, -0.2) is 16.3 Å². The van der Waals surface area contributed by atoms with E-state index in [1.165, 1.54) is 6.08 Å². The van der Waals surface area contributed by atoms with E-state index in [9.17, 15) is 14.7 Å². The van der Waals surface area contributed by atoms with E-state index in [-0.39, 0.29) is 21.8 Å². The van der Waals surface area contributed by atoms with Gasteiger partial charge in [-0.05, 0) is 64.7 Å². The summed E-state index contributed by atoms with van der Waals surface area (Å²) in [6, 6.07) is 12.2. The van der Waals surface area contributed by atoms with Crippen LogP contribution in [0.4, 0.5) is 10.5 Å². The Labute approximate surface area is 158 Å². The van der Waals surface area contributed by atoms with Gasteiger partial charge in [-0.15, -0.1) is 0 Å². The van der Waals surface area contributed by atoms with Gasteiger partial charge < -0.3 is 5.11 Å². The highest BCUT2D eigenvalue weighted by molar-refractivity contribution is 14.1. The molecule has 2 aromatic carbocycles. The van der Waals surface area contributed by atoms with Crippen molar-refractivity contribution in [2.75, 3.05) is 4.90 Å². The van der Waals surface area contributed by atoms with Crippen molar-refractivity contribution in [1.29, 1.82) is 0 Å². The van der Waals surface area contributed by atoms with Crippen molar-refractivity contribution in [3.8, 4) is 5.75 Å². The van der Waals surface area contributed by atoms with Crippen LogP contribution in [0.25, 0.3) is 6.08 Å². The molecule has 23 heavy (non-hydrogen) atoms. The van der Waals surface area contributed by atoms with Gasteiger partial charge in [0.05, 0.1) is 14.2 Å². The Morgan fingerprint density at radius 3 is 2.57 bits per heavy atom. The van der Waals surface area contributed by atoms with E-state index in [2.05, 4.69) is 15.9 Å². The maximum Gasteiger partial charge on any atom is 0.298 e. The number of hydrogen-bond donors (Lipinski definition) is 1. The number of carbonyl (C=O) groups is 2. The molecular weight excluding hydrogens is 493 g/mol. The van der Waals surface area contributed by atoms with Gasteiger partial charge in [0, 0.05) is 10.0 Å². The number of thioether (sulfide) groups is 1. The highest BCUT2D eigenvalue weighted by Gasteiger charge is 2.36. The normalized spacial score (nSPS) is 16.4. The second-order valence-electron chi connectivity index (χ2n) is 4.68. The lowest BCUT2D eigenvalue weighted by atomic mass is 10.2. The Kier molecular flexibility index (Phi) is 4.79. The molecule has 0 aromatic heterocycles. The number of rotatable bonds is 2. The van der Waals surface area contributed by atoms with Gasteiger partial charge in [0.25, 0.3) is 11.1 Å². The van der Waals surface area contributed by atoms with E-state index >= 15 is 0 Å². The zero-order valence-electron chi connectivity index (χ0n) is 11.5. The van der Waals surface area contributed by atoms with Crippen LogP contribution in [-0.2, 0) is 4.79 Å². The van der Waals surface area contributed by atoms with Gasteiger partial charge in [0.2, 0.25) is 0 Å². The molecular formula is C16H9BrINO3S. The molecule has 0 atom stereocenters. The minimum atomic E-state index is -0.388. The molecule has 2 aromatic rings. The quantitative estimate of drug-likeness (QED) is 0.464. The Morgan fingerprint density at radius 1 is 1.17 bits per heavy atom. The van der Waals surface area contributed by atoms with Gasteiger partial charge in [-0.2, -0.15) is 0 Å². The van der Waals surface area contributed by atoms with Gasteiger partial charge in [-0.1, -0.05) is 34.1 Å². The maximum absolute atomic E-state index is 12.5. The Balaban J connectivity index is 2.00. The standard InChI is InChI=1S/C16H9BrINO3S/c17-10-6-9(14(20)12(18)8-10)7-13-15(21)19(16(22)23-13)11-4-2-1-3-5-11/h1-8,20H/b13-7+. The average Bonchev–Trinajstić information content (AvgIpc) is 2.79. The molecule has 0 bridgehead atoms. The Bertz CT molecular complexity index is 839. The highest BCUT2D eigenvalue weighted by atomic mass is 127. The van der Waals surface area contributed by atoms with Crippen LogP contribution in [0.15, 0.2) is 51.8 Å². The topological polar surface area (TPSA) is 57.6 Å². The number of aromatic hydroxyl groups is 1. The number of nitrogens with zero attached hydrogens (tertiary/aromatic N) is 1. The zero-order chi connectivity index (χ0) is 16.6. The summed E-state index contributed by atoms with van der Waals surface area (Å²) in [5, 5.41) is 9.78. The Morgan fingerprint density at radius 2 is 1.87 bits per heavy atom. The van der Waals surface area contributed by atoms with Gasteiger partial charge in [0.1, 0.15) is 5.75 Å². The van der Waals surface area contributed by atoms with Gasteiger partial charge in [-0.25, -0.2) is 4.90 Å². The molecule has 1 fully saturated rings. The van der Waals surface area contributed by atoms with Crippen LogP contribution in [0, 0.1) is 3.57 Å². The maximum atomic E-state index is 12.5. The summed E-state index contributed by atoms with van der Waals surface area (Å²) in [7, 11) is 0. The van der Waals surface area contributed by atoms with Crippen LogP contribution >= 0.6 is 50.3 Å². The lowest BCUT2D eigenvalue weighted by Crippen LogP contribution is -2.27. The summed E-state index contributed by atoms with van der Waals surface area (Å²) in [6.45, 7) is 0. The molecule has 0 radical (unpaired) electrons. The largest absolute Gasteiger partial charge is 0.506 e. The average molecular weight is 502 g/mol. The smallest absolute Gasteiger partial charge is 0.298 e. The molecule has 3 rings (SSSR count). The number of amides is 2. The molecule has 2 amide bonds. The monoisotopic (exact) mass is 501 g/mol. The summed E-state index contributed by atoms with van der Waals surface area (Å²) in [6.07, 6.45) is 1.54. The second kappa shape index (κ2) is 6.66. The number of halogens is 2. The number of hydrogen-bond acceptors (Lipinski definition) is 4. The van der Waals surface area contributed by atoms with Gasteiger partial charge in [-0.3, -0.25) is 9.59 Å². The fraction of sp³-hybridized carbons (Fsp3) is 0. The predicted molar refractivity (Wildman–Crippen MR) is 103 cm³/mol. The summed E-state index contributed by atoms with van der Waals surface area (Å²) in [5.41, 5.74) is 1.02. The number of carbonyl (C=O) groups excluding carboxylic acids is 2. The third kappa shape index (κ3) is 3.31. The Hall–Kier alpha value is -1.32. The number of phenols is 1. The first kappa shape index (κ1) is 16.5. The molecule has 0 spiro atoms. The number of phenolic OH excluding ortho intramolecular Hbond substituents is 1. The van der Waals surface area contributed by atoms with Crippen LogP contribution in [0.2, 0.25) is 0 Å². The van der Waals surface area contributed by atoms with Crippen molar-refractivity contribution in [2.24, 2.45) is 0 Å². The van der Waals surface area contributed by atoms with E-state index in [1.807, 2.05) is 28.7 Å². The van der Waals surface area contributed by atoms with E-state index in [0.717, 1.165) is 21.1 Å². The number of para-hydroxylation sites is 1. The third-order valence-electron chi connectivity index (χ3n) is 3.15. The van der Waals surface area contributed by atoms with Crippen molar-refractivity contribution in [2.45, 2.75) is 0 Å². The van der Waals surface area contributed by atoms with Crippen LogP contribution in [0.1, 0.15) is 5.56 Å².